The third kappa shape index (κ3) is 5.53. The van der Waals surface area contributed by atoms with E-state index >= 15 is 0 Å². The number of para-hydroxylation sites is 2. The van der Waals surface area contributed by atoms with Crippen molar-refractivity contribution in [2.24, 2.45) is 4.99 Å². The van der Waals surface area contributed by atoms with Gasteiger partial charge in [-0.05, 0) is 37.6 Å². The van der Waals surface area contributed by atoms with Gasteiger partial charge in [0.15, 0.2) is 17.5 Å². The fraction of sp³-hybridized carbons (Fsp3) is 0.333. The van der Waals surface area contributed by atoms with E-state index in [1.165, 1.54) is 5.52 Å². The number of hydrogen-bond acceptors (Lipinski definition) is 4. The number of nitrogens with zero attached hydrogens (tertiary/aromatic N) is 3. The van der Waals surface area contributed by atoms with Crippen LogP contribution >= 0.6 is 24.0 Å². The SMILES string of the molecule is CN=C(NCCCn1c(C)nc2ccccc21)Nc1ccc(OC)c(OC)c1.I. The molecular weight excluding hydrogens is 481 g/mol. The molecule has 0 atom stereocenters. The molecule has 3 rings (SSSR count). The second kappa shape index (κ2) is 10.9. The Kier molecular flexibility index (Phi) is 8.56. The van der Waals surface area contributed by atoms with Gasteiger partial charge in [0.05, 0.1) is 25.3 Å². The van der Waals surface area contributed by atoms with Gasteiger partial charge >= 0.3 is 0 Å². The Bertz CT molecular complexity index is 971. The zero-order chi connectivity index (χ0) is 19.9. The summed E-state index contributed by atoms with van der Waals surface area (Å²) < 4.78 is 12.9. The van der Waals surface area contributed by atoms with Crippen LogP contribution < -0.4 is 20.1 Å². The van der Waals surface area contributed by atoms with Crippen molar-refractivity contribution in [2.75, 3.05) is 33.1 Å². The zero-order valence-electron chi connectivity index (χ0n) is 17.2. The molecule has 8 heteroatoms. The number of imidazole rings is 1. The summed E-state index contributed by atoms with van der Waals surface area (Å²) in [5.74, 6) is 3.11. The number of methoxy groups -OCH3 is 2. The van der Waals surface area contributed by atoms with Gasteiger partial charge in [0, 0.05) is 31.9 Å². The second-order valence-electron chi connectivity index (χ2n) is 6.35. The van der Waals surface area contributed by atoms with E-state index in [-0.39, 0.29) is 24.0 Å². The summed E-state index contributed by atoms with van der Waals surface area (Å²) in [7, 11) is 5.00. The van der Waals surface area contributed by atoms with E-state index < -0.39 is 0 Å². The number of aliphatic imine (C=N–C) groups is 1. The molecule has 1 heterocycles. The molecule has 0 saturated heterocycles. The number of halogens is 1. The van der Waals surface area contributed by atoms with E-state index in [1.54, 1.807) is 21.3 Å². The minimum atomic E-state index is 0. The normalized spacial score (nSPS) is 11.1. The van der Waals surface area contributed by atoms with E-state index in [0.29, 0.717) is 17.5 Å². The number of nitrogens with one attached hydrogen (secondary N) is 2. The van der Waals surface area contributed by atoms with Crippen LogP contribution in [0.5, 0.6) is 11.5 Å². The van der Waals surface area contributed by atoms with Gasteiger partial charge in [-0.25, -0.2) is 4.98 Å². The Balaban J connectivity index is 0.00000300. The van der Waals surface area contributed by atoms with Gasteiger partial charge < -0.3 is 24.7 Å². The molecular formula is C21H28IN5O2. The number of benzene rings is 2. The fourth-order valence-corrected chi connectivity index (χ4v) is 3.15. The molecule has 0 aliphatic rings. The number of rotatable bonds is 7. The highest BCUT2D eigenvalue weighted by molar-refractivity contribution is 14.0. The maximum Gasteiger partial charge on any atom is 0.195 e. The highest BCUT2D eigenvalue weighted by Gasteiger charge is 2.08. The van der Waals surface area contributed by atoms with Crippen LogP contribution in [0, 0.1) is 6.92 Å². The lowest BCUT2D eigenvalue weighted by Gasteiger charge is -2.14. The van der Waals surface area contributed by atoms with Gasteiger partial charge in [0.1, 0.15) is 5.82 Å². The summed E-state index contributed by atoms with van der Waals surface area (Å²) >= 11 is 0. The van der Waals surface area contributed by atoms with Crippen molar-refractivity contribution in [3.63, 3.8) is 0 Å². The molecule has 0 spiro atoms. The number of ether oxygens (including phenoxy) is 2. The van der Waals surface area contributed by atoms with Crippen molar-refractivity contribution in [1.82, 2.24) is 14.9 Å². The van der Waals surface area contributed by atoms with E-state index in [2.05, 4.69) is 31.2 Å². The Morgan fingerprint density at radius 1 is 1.10 bits per heavy atom. The maximum absolute atomic E-state index is 5.34. The summed E-state index contributed by atoms with van der Waals surface area (Å²) in [5.41, 5.74) is 3.09. The van der Waals surface area contributed by atoms with E-state index in [4.69, 9.17) is 9.47 Å². The van der Waals surface area contributed by atoms with Crippen LogP contribution in [0.3, 0.4) is 0 Å². The van der Waals surface area contributed by atoms with Gasteiger partial charge in [0.25, 0.3) is 0 Å². The Morgan fingerprint density at radius 2 is 1.86 bits per heavy atom. The molecule has 0 unspecified atom stereocenters. The lowest BCUT2D eigenvalue weighted by molar-refractivity contribution is 0.355. The molecule has 156 valence electrons. The maximum atomic E-state index is 5.34. The number of aryl methyl sites for hydroxylation is 2. The van der Waals surface area contributed by atoms with Crippen molar-refractivity contribution < 1.29 is 9.47 Å². The van der Waals surface area contributed by atoms with Crippen molar-refractivity contribution >= 4 is 46.7 Å². The van der Waals surface area contributed by atoms with Gasteiger partial charge in [-0.1, -0.05) is 12.1 Å². The summed E-state index contributed by atoms with van der Waals surface area (Å²) in [4.78, 5) is 8.90. The Labute approximate surface area is 188 Å². The lowest BCUT2D eigenvalue weighted by atomic mass is 10.2. The average molecular weight is 509 g/mol. The quantitative estimate of drug-likeness (QED) is 0.218. The first-order valence-electron chi connectivity index (χ1n) is 9.28. The summed E-state index contributed by atoms with van der Waals surface area (Å²) in [6, 6.07) is 13.9. The van der Waals surface area contributed by atoms with Crippen molar-refractivity contribution in [3.05, 3.63) is 48.3 Å². The third-order valence-corrected chi connectivity index (χ3v) is 4.57. The van der Waals surface area contributed by atoms with E-state index in [9.17, 15) is 0 Å². The summed E-state index contributed by atoms with van der Waals surface area (Å²) in [5, 5.41) is 6.62. The Morgan fingerprint density at radius 3 is 2.59 bits per heavy atom. The van der Waals surface area contributed by atoms with Gasteiger partial charge in [-0.3, -0.25) is 4.99 Å². The van der Waals surface area contributed by atoms with Crippen LogP contribution in [0.15, 0.2) is 47.5 Å². The topological polar surface area (TPSA) is 72.7 Å². The van der Waals surface area contributed by atoms with Crippen LogP contribution in [0.25, 0.3) is 11.0 Å². The molecule has 0 fully saturated rings. The number of guanidine groups is 1. The molecule has 7 nitrogen and oxygen atoms in total. The molecule has 0 aliphatic carbocycles. The first kappa shape index (κ1) is 22.8. The predicted octanol–water partition coefficient (Wildman–Crippen LogP) is 4.06. The predicted molar refractivity (Wildman–Crippen MR) is 129 cm³/mol. The highest BCUT2D eigenvalue weighted by atomic mass is 127. The number of anilines is 1. The first-order valence-corrected chi connectivity index (χ1v) is 9.28. The van der Waals surface area contributed by atoms with Crippen molar-refractivity contribution in [2.45, 2.75) is 19.9 Å². The smallest absolute Gasteiger partial charge is 0.195 e. The first-order chi connectivity index (χ1) is 13.7. The molecule has 0 saturated carbocycles. The van der Waals surface area contributed by atoms with Crippen LogP contribution in [0.1, 0.15) is 12.2 Å². The van der Waals surface area contributed by atoms with Crippen LogP contribution in [-0.4, -0.2) is 43.3 Å². The molecule has 0 bridgehead atoms. The van der Waals surface area contributed by atoms with Gasteiger partial charge in [-0.2, -0.15) is 0 Å². The second-order valence-corrected chi connectivity index (χ2v) is 6.35. The van der Waals surface area contributed by atoms with Crippen molar-refractivity contribution in [1.29, 1.82) is 0 Å². The van der Waals surface area contributed by atoms with Gasteiger partial charge in [0.2, 0.25) is 0 Å². The average Bonchev–Trinajstić information content (AvgIpc) is 3.05. The largest absolute Gasteiger partial charge is 0.493 e. The number of hydrogen-bond donors (Lipinski definition) is 2. The third-order valence-electron chi connectivity index (χ3n) is 4.57. The Hall–Kier alpha value is -2.49. The fourth-order valence-electron chi connectivity index (χ4n) is 3.15. The van der Waals surface area contributed by atoms with Crippen LogP contribution in [0.4, 0.5) is 5.69 Å². The standard InChI is InChI=1S/C21H27N5O2.HI/c1-15-24-17-8-5-6-9-18(17)26(15)13-7-12-23-21(22-2)25-16-10-11-19(27-3)20(14-16)28-4;/h5-6,8-11,14H,7,12-13H2,1-4H3,(H2,22,23,25);1H. The van der Waals surface area contributed by atoms with E-state index in [0.717, 1.165) is 36.5 Å². The molecule has 1 aromatic heterocycles. The number of fused-ring (bicyclic) bond motifs is 1. The van der Waals surface area contributed by atoms with Crippen molar-refractivity contribution in [3.8, 4) is 11.5 Å². The molecule has 2 aromatic carbocycles. The van der Waals surface area contributed by atoms with Gasteiger partial charge in [-0.15, -0.1) is 24.0 Å². The molecule has 0 radical (unpaired) electrons. The monoisotopic (exact) mass is 509 g/mol. The minimum absolute atomic E-state index is 0. The zero-order valence-corrected chi connectivity index (χ0v) is 19.6. The molecule has 3 aromatic rings. The molecule has 0 aliphatic heterocycles. The molecule has 29 heavy (non-hydrogen) atoms. The molecule has 0 amide bonds. The highest BCUT2D eigenvalue weighted by Crippen LogP contribution is 2.29. The van der Waals surface area contributed by atoms with Crippen LogP contribution in [0.2, 0.25) is 0 Å². The summed E-state index contributed by atoms with van der Waals surface area (Å²) in [6.45, 7) is 3.73. The minimum Gasteiger partial charge on any atom is -0.493 e. The lowest BCUT2D eigenvalue weighted by Crippen LogP contribution is -2.31. The van der Waals surface area contributed by atoms with Crippen LogP contribution in [-0.2, 0) is 6.54 Å². The number of aromatic nitrogens is 2. The summed E-state index contributed by atoms with van der Waals surface area (Å²) in [6.07, 6.45) is 0.952. The molecule has 2 N–H and O–H groups in total. The van der Waals surface area contributed by atoms with E-state index in [1.807, 2.05) is 43.3 Å².